The van der Waals surface area contributed by atoms with E-state index in [1.165, 1.54) is 5.56 Å². The topological polar surface area (TPSA) is 35.2 Å². The van der Waals surface area contributed by atoms with E-state index < -0.39 is 0 Å². The van der Waals surface area contributed by atoms with E-state index in [2.05, 4.69) is 22.0 Å². The summed E-state index contributed by atoms with van der Waals surface area (Å²) in [4.78, 5) is 0. The van der Waals surface area contributed by atoms with Crippen molar-refractivity contribution in [2.75, 3.05) is 6.61 Å². The van der Waals surface area contributed by atoms with E-state index in [4.69, 9.17) is 10.5 Å². The highest BCUT2D eigenvalue weighted by Gasteiger charge is 2.14. The molecule has 70 valence electrons. The fraction of sp³-hybridized carbons (Fsp3) is 0.400. The second kappa shape index (κ2) is 3.68. The van der Waals surface area contributed by atoms with Crippen LogP contribution in [0.2, 0.25) is 0 Å². The van der Waals surface area contributed by atoms with Crippen LogP contribution in [0, 0.1) is 0 Å². The zero-order chi connectivity index (χ0) is 9.26. The molecule has 0 amide bonds. The second-order valence-corrected chi connectivity index (χ2v) is 4.27. The van der Waals surface area contributed by atoms with Gasteiger partial charge in [-0.1, -0.05) is 22.0 Å². The van der Waals surface area contributed by atoms with E-state index >= 15 is 0 Å². The number of hydrogen-bond donors (Lipinski definition) is 1. The first-order valence-electron chi connectivity index (χ1n) is 4.42. The van der Waals surface area contributed by atoms with Gasteiger partial charge in [-0.2, -0.15) is 0 Å². The molecule has 0 aromatic heterocycles. The van der Waals surface area contributed by atoms with Gasteiger partial charge in [-0.25, -0.2) is 0 Å². The average molecular weight is 242 g/mol. The van der Waals surface area contributed by atoms with Gasteiger partial charge in [0, 0.05) is 10.5 Å². The van der Waals surface area contributed by atoms with Crippen LogP contribution >= 0.6 is 15.9 Å². The minimum Gasteiger partial charge on any atom is -0.493 e. The van der Waals surface area contributed by atoms with Crippen molar-refractivity contribution in [3.8, 4) is 5.75 Å². The van der Waals surface area contributed by atoms with Gasteiger partial charge in [0.25, 0.3) is 0 Å². The third kappa shape index (κ3) is 2.03. The lowest BCUT2D eigenvalue weighted by atomic mass is 10.1. The number of nitrogens with two attached hydrogens (primary N) is 1. The van der Waals surface area contributed by atoms with Crippen LogP contribution in [0.25, 0.3) is 0 Å². The van der Waals surface area contributed by atoms with Crippen LogP contribution in [0.1, 0.15) is 12.0 Å². The van der Waals surface area contributed by atoms with Crippen LogP contribution in [0.3, 0.4) is 0 Å². The van der Waals surface area contributed by atoms with Crippen molar-refractivity contribution < 1.29 is 4.74 Å². The minimum atomic E-state index is 0.238. The predicted octanol–water partition coefficient (Wildman–Crippen LogP) is 2.10. The fourth-order valence-corrected chi connectivity index (χ4v) is 1.88. The van der Waals surface area contributed by atoms with Crippen molar-refractivity contribution in [3.63, 3.8) is 0 Å². The predicted molar refractivity (Wildman–Crippen MR) is 55.9 cm³/mol. The zero-order valence-electron chi connectivity index (χ0n) is 7.29. The summed E-state index contributed by atoms with van der Waals surface area (Å²) in [5.41, 5.74) is 7.11. The molecule has 1 atom stereocenters. The lowest BCUT2D eigenvalue weighted by Crippen LogP contribution is -2.22. The maximum absolute atomic E-state index is 5.90. The molecule has 1 aromatic rings. The van der Waals surface area contributed by atoms with E-state index in [9.17, 15) is 0 Å². The zero-order valence-corrected chi connectivity index (χ0v) is 8.88. The van der Waals surface area contributed by atoms with E-state index in [1.807, 2.05) is 12.1 Å². The maximum atomic E-state index is 5.90. The highest BCUT2D eigenvalue weighted by Crippen LogP contribution is 2.27. The molecule has 1 aliphatic heterocycles. The molecule has 0 aliphatic carbocycles. The van der Waals surface area contributed by atoms with Crippen molar-refractivity contribution in [1.29, 1.82) is 0 Å². The Labute approximate surface area is 86.2 Å². The average Bonchev–Trinajstić information content (AvgIpc) is 2.25. The van der Waals surface area contributed by atoms with Gasteiger partial charge in [0.1, 0.15) is 5.75 Å². The van der Waals surface area contributed by atoms with Crippen molar-refractivity contribution in [3.05, 3.63) is 28.2 Å². The van der Waals surface area contributed by atoms with Gasteiger partial charge in [0.2, 0.25) is 0 Å². The van der Waals surface area contributed by atoms with Gasteiger partial charge in [-0.3, -0.25) is 0 Å². The summed E-state index contributed by atoms with van der Waals surface area (Å²) in [6, 6.07) is 6.35. The van der Waals surface area contributed by atoms with Gasteiger partial charge < -0.3 is 10.5 Å². The number of ether oxygens (including phenoxy) is 1. The Morgan fingerprint density at radius 1 is 1.46 bits per heavy atom. The number of rotatable bonds is 0. The van der Waals surface area contributed by atoms with Crippen LogP contribution in [0.4, 0.5) is 0 Å². The molecule has 2 rings (SSSR count). The molecule has 0 spiro atoms. The third-order valence-corrected chi connectivity index (χ3v) is 2.75. The van der Waals surface area contributed by atoms with Gasteiger partial charge in [0.05, 0.1) is 6.61 Å². The molecule has 1 aliphatic rings. The van der Waals surface area contributed by atoms with E-state index in [1.54, 1.807) is 0 Å². The fourth-order valence-electron chi connectivity index (χ4n) is 1.54. The molecule has 0 radical (unpaired) electrons. The van der Waals surface area contributed by atoms with Gasteiger partial charge in [0.15, 0.2) is 0 Å². The van der Waals surface area contributed by atoms with Crippen molar-refractivity contribution in [1.82, 2.24) is 0 Å². The first kappa shape index (κ1) is 9.03. The molecule has 2 nitrogen and oxygen atoms in total. The number of hydrogen-bond acceptors (Lipinski definition) is 2. The van der Waals surface area contributed by atoms with E-state index in [0.29, 0.717) is 0 Å². The molecule has 2 N–H and O–H groups in total. The molecule has 0 fully saturated rings. The number of fused-ring (bicyclic) bond motifs is 1. The monoisotopic (exact) mass is 241 g/mol. The summed E-state index contributed by atoms with van der Waals surface area (Å²) in [5, 5.41) is 0. The largest absolute Gasteiger partial charge is 0.493 e. The Balaban J connectivity index is 2.34. The first-order chi connectivity index (χ1) is 6.25. The Morgan fingerprint density at radius 2 is 2.31 bits per heavy atom. The van der Waals surface area contributed by atoms with Gasteiger partial charge >= 0.3 is 0 Å². The molecular weight excluding hydrogens is 230 g/mol. The maximum Gasteiger partial charge on any atom is 0.123 e. The first-order valence-corrected chi connectivity index (χ1v) is 5.22. The highest BCUT2D eigenvalue weighted by molar-refractivity contribution is 9.10. The normalized spacial score (nSPS) is 21.5. The Bertz CT molecular complexity index is 314. The van der Waals surface area contributed by atoms with E-state index in [-0.39, 0.29) is 6.04 Å². The number of halogens is 1. The molecule has 0 saturated heterocycles. The molecule has 1 heterocycles. The SMILES string of the molecule is NC1CCOc2cc(Br)ccc2C1. The molecule has 3 heteroatoms. The van der Waals surface area contributed by atoms with Crippen LogP contribution in [-0.4, -0.2) is 12.6 Å². The molecule has 1 aromatic carbocycles. The smallest absolute Gasteiger partial charge is 0.123 e. The lowest BCUT2D eigenvalue weighted by molar-refractivity contribution is 0.310. The number of benzene rings is 1. The Morgan fingerprint density at radius 3 is 3.15 bits per heavy atom. The minimum absolute atomic E-state index is 0.238. The van der Waals surface area contributed by atoms with Crippen LogP contribution in [0.15, 0.2) is 22.7 Å². The molecular formula is C10H12BrNO. The quantitative estimate of drug-likeness (QED) is 0.756. The third-order valence-electron chi connectivity index (χ3n) is 2.26. The van der Waals surface area contributed by atoms with Crippen LogP contribution < -0.4 is 10.5 Å². The molecule has 0 bridgehead atoms. The lowest BCUT2D eigenvalue weighted by Gasteiger charge is -2.07. The summed E-state index contributed by atoms with van der Waals surface area (Å²) < 4.78 is 6.65. The van der Waals surface area contributed by atoms with Crippen molar-refractivity contribution in [2.45, 2.75) is 18.9 Å². The van der Waals surface area contributed by atoms with Crippen LogP contribution in [-0.2, 0) is 6.42 Å². The molecule has 13 heavy (non-hydrogen) atoms. The molecule has 1 unspecified atom stereocenters. The summed E-state index contributed by atoms with van der Waals surface area (Å²) in [6.45, 7) is 0.727. The van der Waals surface area contributed by atoms with Gasteiger partial charge in [-0.05, 0) is 30.5 Å². The summed E-state index contributed by atoms with van der Waals surface area (Å²) in [6.07, 6.45) is 1.86. The van der Waals surface area contributed by atoms with Crippen LogP contribution in [0.5, 0.6) is 5.75 Å². The Hall–Kier alpha value is -0.540. The van der Waals surface area contributed by atoms with Crippen molar-refractivity contribution >= 4 is 15.9 Å². The standard InChI is InChI=1S/C10H12BrNO/c11-8-2-1-7-5-9(12)3-4-13-10(7)6-8/h1-2,6,9H,3-5,12H2. The van der Waals surface area contributed by atoms with Crippen molar-refractivity contribution in [2.24, 2.45) is 5.73 Å². The second-order valence-electron chi connectivity index (χ2n) is 3.35. The van der Waals surface area contributed by atoms with Gasteiger partial charge in [-0.15, -0.1) is 0 Å². The summed E-state index contributed by atoms with van der Waals surface area (Å²) >= 11 is 3.42. The summed E-state index contributed by atoms with van der Waals surface area (Å²) in [5.74, 6) is 0.974. The van der Waals surface area contributed by atoms with E-state index in [0.717, 1.165) is 29.7 Å². The Kier molecular flexibility index (Phi) is 2.56. The molecule has 0 saturated carbocycles. The summed E-state index contributed by atoms with van der Waals surface area (Å²) in [7, 11) is 0. The highest BCUT2D eigenvalue weighted by atomic mass is 79.9.